The van der Waals surface area contributed by atoms with Gasteiger partial charge in [0.05, 0.1) is 5.75 Å². The molecule has 5 nitrogen and oxygen atoms in total. The molecule has 0 spiro atoms. The lowest BCUT2D eigenvalue weighted by atomic mass is 9.86. The molecule has 2 N–H and O–H groups in total. The van der Waals surface area contributed by atoms with E-state index in [1.807, 2.05) is 24.3 Å². The molecule has 0 bridgehead atoms. The summed E-state index contributed by atoms with van der Waals surface area (Å²) in [5, 5.41) is 10.9. The molecule has 0 radical (unpaired) electrons. The van der Waals surface area contributed by atoms with Crippen LogP contribution in [-0.2, 0) is 4.79 Å². The van der Waals surface area contributed by atoms with Gasteiger partial charge in [-0.2, -0.15) is 0 Å². The van der Waals surface area contributed by atoms with Crippen LogP contribution in [0.4, 0.5) is 0 Å². The predicted molar refractivity (Wildman–Crippen MR) is 99.8 cm³/mol. The van der Waals surface area contributed by atoms with E-state index in [4.69, 9.17) is 0 Å². The third-order valence-electron chi connectivity index (χ3n) is 4.38. The molecule has 24 heavy (non-hydrogen) atoms. The van der Waals surface area contributed by atoms with Crippen LogP contribution in [0, 0.1) is 5.92 Å². The van der Waals surface area contributed by atoms with Crippen molar-refractivity contribution in [2.75, 3.05) is 5.75 Å². The number of H-pyrrole nitrogens is 1. The molecule has 1 aromatic heterocycles. The summed E-state index contributed by atoms with van der Waals surface area (Å²) in [6.45, 7) is 2.22. The average molecular weight is 409 g/mol. The first kappa shape index (κ1) is 17.5. The second-order valence-corrected chi connectivity index (χ2v) is 7.97. The highest BCUT2D eigenvalue weighted by molar-refractivity contribution is 9.10. The standard InChI is InChI=1S/C17H21BrN4OS/c1-11-6-2-5-9-14(11)19-15(23)10-24-17-20-16(21-22-17)12-7-3-4-8-13(12)18/h3-4,7-8,11,14H,2,5-6,9-10H2,1H3,(H,19,23)(H,20,21,22)/t11-,14-/m0/s1. The Bertz CT molecular complexity index is 705. The summed E-state index contributed by atoms with van der Waals surface area (Å²) in [4.78, 5) is 16.6. The molecule has 0 saturated heterocycles. The molecule has 1 fully saturated rings. The van der Waals surface area contributed by atoms with Gasteiger partial charge in [0.25, 0.3) is 0 Å². The van der Waals surface area contributed by atoms with E-state index in [2.05, 4.69) is 43.4 Å². The lowest BCUT2D eigenvalue weighted by Crippen LogP contribution is -2.41. The van der Waals surface area contributed by atoms with Crippen molar-refractivity contribution in [3.63, 3.8) is 0 Å². The van der Waals surface area contributed by atoms with Gasteiger partial charge < -0.3 is 5.32 Å². The van der Waals surface area contributed by atoms with Crippen molar-refractivity contribution in [3.05, 3.63) is 28.7 Å². The van der Waals surface area contributed by atoms with E-state index in [1.165, 1.54) is 31.0 Å². The van der Waals surface area contributed by atoms with Gasteiger partial charge >= 0.3 is 0 Å². The van der Waals surface area contributed by atoms with Crippen molar-refractivity contribution in [3.8, 4) is 11.4 Å². The summed E-state index contributed by atoms with van der Waals surface area (Å²) >= 11 is 4.87. The van der Waals surface area contributed by atoms with Crippen LogP contribution in [0.2, 0.25) is 0 Å². The number of hydrogen-bond donors (Lipinski definition) is 2. The van der Waals surface area contributed by atoms with Crippen LogP contribution in [0.25, 0.3) is 11.4 Å². The van der Waals surface area contributed by atoms with Crippen LogP contribution in [-0.4, -0.2) is 32.9 Å². The Morgan fingerprint density at radius 3 is 2.96 bits per heavy atom. The zero-order chi connectivity index (χ0) is 16.9. The summed E-state index contributed by atoms with van der Waals surface area (Å²) in [7, 11) is 0. The van der Waals surface area contributed by atoms with Gasteiger partial charge in [0.15, 0.2) is 5.82 Å². The van der Waals surface area contributed by atoms with Gasteiger partial charge in [0.2, 0.25) is 11.1 Å². The number of hydrogen-bond acceptors (Lipinski definition) is 4. The Balaban J connectivity index is 1.54. The largest absolute Gasteiger partial charge is 0.352 e. The van der Waals surface area contributed by atoms with Gasteiger partial charge in [-0.3, -0.25) is 9.89 Å². The van der Waals surface area contributed by atoms with Gasteiger partial charge in [-0.25, -0.2) is 4.98 Å². The van der Waals surface area contributed by atoms with E-state index in [1.54, 1.807) is 0 Å². The maximum atomic E-state index is 12.2. The van der Waals surface area contributed by atoms with Gasteiger partial charge in [0.1, 0.15) is 0 Å². The first-order valence-corrected chi connectivity index (χ1v) is 10.0. The zero-order valence-electron chi connectivity index (χ0n) is 13.6. The van der Waals surface area contributed by atoms with E-state index < -0.39 is 0 Å². The van der Waals surface area contributed by atoms with Crippen LogP contribution >= 0.6 is 27.7 Å². The number of nitrogens with zero attached hydrogens (tertiary/aromatic N) is 2. The quantitative estimate of drug-likeness (QED) is 0.732. The number of benzene rings is 1. The molecule has 1 heterocycles. The van der Waals surface area contributed by atoms with Crippen molar-refractivity contribution in [2.45, 2.75) is 43.8 Å². The molecule has 2 aromatic rings. The minimum Gasteiger partial charge on any atom is -0.352 e. The number of rotatable bonds is 5. The Labute approximate surface area is 154 Å². The summed E-state index contributed by atoms with van der Waals surface area (Å²) in [6.07, 6.45) is 4.77. The molecule has 2 atom stereocenters. The highest BCUT2D eigenvalue weighted by Crippen LogP contribution is 2.27. The summed E-state index contributed by atoms with van der Waals surface area (Å²) < 4.78 is 0.960. The number of carbonyl (C=O) groups is 1. The van der Waals surface area contributed by atoms with E-state index in [-0.39, 0.29) is 5.91 Å². The Morgan fingerprint density at radius 2 is 2.17 bits per heavy atom. The maximum absolute atomic E-state index is 12.2. The highest BCUT2D eigenvalue weighted by Gasteiger charge is 2.22. The second-order valence-electron chi connectivity index (χ2n) is 6.17. The van der Waals surface area contributed by atoms with Crippen molar-refractivity contribution in [1.82, 2.24) is 20.5 Å². The lowest BCUT2D eigenvalue weighted by Gasteiger charge is -2.29. The normalized spacial score (nSPS) is 20.8. The highest BCUT2D eigenvalue weighted by atomic mass is 79.9. The molecule has 1 aliphatic rings. The summed E-state index contributed by atoms with van der Waals surface area (Å²) in [5.41, 5.74) is 0.956. The van der Waals surface area contributed by atoms with Crippen molar-refractivity contribution in [2.24, 2.45) is 5.92 Å². The number of carbonyl (C=O) groups excluding carboxylic acids is 1. The molecular formula is C17H21BrN4OS. The Kier molecular flexibility index (Phi) is 5.94. The predicted octanol–water partition coefficient (Wildman–Crippen LogP) is 4.02. The molecule has 1 saturated carbocycles. The van der Waals surface area contributed by atoms with Crippen LogP contribution < -0.4 is 5.32 Å². The monoisotopic (exact) mass is 408 g/mol. The van der Waals surface area contributed by atoms with Gasteiger partial charge in [-0.15, -0.1) is 5.10 Å². The van der Waals surface area contributed by atoms with Crippen LogP contribution in [0.5, 0.6) is 0 Å². The number of halogens is 1. The molecule has 3 rings (SSSR count). The minimum absolute atomic E-state index is 0.0611. The van der Waals surface area contributed by atoms with Gasteiger partial charge in [-0.1, -0.05) is 65.7 Å². The number of aromatic nitrogens is 3. The summed E-state index contributed by atoms with van der Waals surface area (Å²) in [5.74, 6) is 1.67. The average Bonchev–Trinajstić information content (AvgIpc) is 3.04. The molecule has 1 aliphatic carbocycles. The molecule has 0 aliphatic heterocycles. The van der Waals surface area contributed by atoms with Crippen LogP contribution in [0.1, 0.15) is 32.6 Å². The fourth-order valence-corrected chi connectivity index (χ4v) is 4.08. The SMILES string of the molecule is C[C@H]1CCCC[C@@H]1NC(=O)CSc1n[nH]c(-c2ccccc2Br)n1. The van der Waals surface area contributed by atoms with E-state index in [0.29, 0.717) is 28.7 Å². The molecule has 1 amide bonds. The van der Waals surface area contributed by atoms with Crippen LogP contribution in [0.15, 0.2) is 33.9 Å². The Hall–Kier alpha value is -1.34. The first-order chi connectivity index (χ1) is 11.6. The van der Waals surface area contributed by atoms with Gasteiger partial charge in [-0.05, 0) is 24.8 Å². The van der Waals surface area contributed by atoms with Crippen molar-refractivity contribution >= 4 is 33.6 Å². The van der Waals surface area contributed by atoms with Gasteiger partial charge in [0, 0.05) is 16.1 Å². The number of nitrogens with one attached hydrogen (secondary N) is 2. The fraction of sp³-hybridized carbons (Fsp3) is 0.471. The number of thioether (sulfide) groups is 1. The van der Waals surface area contributed by atoms with Crippen LogP contribution in [0.3, 0.4) is 0 Å². The number of amides is 1. The topological polar surface area (TPSA) is 70.7 Å². The van der Waals surface area contributed by atoms with E-state index in [0.717, 1.165) is 16.5 Å². The minimum atomic E-state index is 0.0611. The second kappa shape index (κ2) is 8.16. The molecule has 128 valence electrons. The smallest absolute Gasteiger partial charge is 0.230 e. The van der Waals surface area contributed by atoms with Crippen molar-refractivity contribution in [1.29, 1.82) is 0 Å². The molecule has 0 unspecified atom stereocenters. The fourth-order valence-electron chi connectivity index (χ4n) is 2.99. The first-order valence-electron chi connectivity index (χ1n) is 8.23. The number of aromatic amines is 1. The Morgan fingerprint density at radius 1 is 1.38 bits per heavy atom. The maximum Gasteiger partial charge on any atom is 0.230 e. The third-order valence-corrected chi connectivity index (χ3v) is 5.92. The molecule has 7 heteroatoms. The lowest BCUT2D eigenvalue weighted by molar-refractivity contribution is -0.119. The third kappa shape index (κ3) is 4.39. The molecule has 1 aromatic carbocycles. The van der Waals surface area contributed by atoms with E-state index >= 15 is 0 Å². The van der Waals surface area contributed by atoms with Crippen molar-refractivity contribution < 1.29 is 4.79 Å². The van der Waals surface area contributed by atoms with E-state index in [9.17, 15) is 4.79 Å². The molecular weight excluding hydrogens is 388 g/mol. The zero-order valence-corrected chi connectivity index (χ0v) is 16.0. The summed E-state index contributed by atoms with van der Waals surface area (Å²) in [6, 6.07) is 8.15.